The molecule has 9 aromatic carbocycles. The Morgan fingerprint density at radius 1 is 0.280 bits per heavy atom. The number of hydrogen-bond acceptors (Lipinski definition) is 1. The van der Waals surface area contributed by atoms with Crippen molar-refractivity contribution in [2.24, 2.45) is 0 Å². The molecule has 2 heterocycles. The summed E-state index contributed by atoms with van der Waals surface area (Å²) in [6.07, 6.45) is 0. The van der Waals surface area contributed by atoms with Crippen molar-refractivity contribution in [1.82, 2.24) is 4.57 Å². The van der Waals surface area contributed by atoms with Gasteiger partial charge in [0.1, 0.15) is 11.2 Å². The fraction of sp³-hybridized carbons (Fsp3) is 0. The van der Waals surface area contributed by atoms with Crippen molar-refractivity contribution in [3.8, 4) is 27.9 Å². The van der Waals surface area contributed by atoms with Gasteiger partial charge in [0.15, 0.2) is 0 Å². The van der Waals surface area contributed by atoms with Crippen LogP contribution in [-0.2, 0) is 0 Å². The molecule has 2 heteroatoms. The van der Waals surface area contributed by atoms with Crippen LogP contribution in [0.1, 0.15) is 0 Å². The summed E-state index contributed by atoms with van der Waals surface area (Å²) in [5, 5.41) is 12.6. The van der Waals surface area contributed by atoms with Crippen LogP contribution < -0.4 is 0 Å². The second-order valence-electron chi connectivity index (χ2n) is 13.3. The Labute approximate surface area is 288 Å². The summed E-state index contributed by atoms with van der Waals surface area (Å²) in [4.78, 5) is 0. The van der Waals surface area contributed by atoms with E-state index in [1.54, 1.807) is 0 Å². The van der Waals surface area contributed by atoms with Gasteiger partial charge in [-0.2, -0.15) is 0 Å². The molecule has 232 valence electrons. The first-order chi connectivity index (χ1) is 24.8. The van der Waals surface area contributed by atoms with Gasteiger partial charge < -0.3 is 8.98 Å². The molecule has 0 aliphatic rings. The molecule has 0 aliphatic heterocycles. The molecule has 0 amide bonds. The molecule has 0 radical (unpaired) electrons. The summed E-state index contributed by atoms with van der Waals surface area (Å²) < 4.78 is 8.62. The maximum atomic E-state index is 6.23. The maximum Gasteiger partial charge on any atom is 0.136 e. The first kappa shape index (κ1) is 27.3. The summed E-state index contributed by atoms with van der Waals surface area (Å²) in [6.45, 7) is 0. The van der Waals surface area contributed by atoms with E-state index in [4.69, 9.17) is 4.42 Å². The normalized spacial score (nSPS) is 12.0. The van der Waals surface area contributed by atoms with Crippen LogP contribution in [0, 0.1) is 0 Å². The van der Waals surface area contributed by atoms with Gasteiger partial charge >= 0.3 is 0 Å². The third-order valence-electron chi connectivity index (χ3n) is 10.6. The minimum atomic E-state index is 0.916. The first-order valence-electron chi connectivity index (χ1n) is 17.2. The highest BCUT2D eigenvalue weighted by Crippen LogP contribution is 2.39. The molecule has 0 saturated heterocycles. The molecule has 0 aliphatic carbocycles. The Morgan fingerprint density at radius 3 is 1.48 bits per heavy atom. The highest BCUT2D eigenvalue weighted by Gasteiger charge is 2.15. The van der Waals surface area contributed by atoms with E-state index in [-0.39, 0.29) is 0 Å². The Balaban J connectivity index is 1.02. The second kappa shape index (κ2) is 10.4. The van der Waals surface area contributed by atoms with Crippen molar-refractivity contribution in [3.63, 3.8) is 0 Å². The lowest BCUT2D eigenvalue weighted by Crippen LogP contribution is -1.93. The van der Waals surface area contributed by atoms with Gasteiger partial charge in [0.2, 0.25) is 0 Å². The summed E-state index contributed by atoms with van der Waals surface area (Å²) in [5.74, 6) is 0. The Hall–Kier alpha value is -6.64. The van der Waals surface area contributed by atoms with Gasteiger partial charge in [0.25, 0.3) is 0 Å². The zero-order chi connectivity index (χ0) is 32.8. The van der Waals surface area contributed by atoms with Gasteiger partial charge in [0.05, 0.1) is 11.0 Å². The molecular weight excluding hydrogens is 607 g/mol. The molecule has 2 nitrogen and oxygen atoms in total. The van der Waals surface area contributed by atoms with Crippen LogP contribution in [0.4, 0.5) is 0 Å². The average Bonchev–Trinajstić information content (AvgIpc) is 3.73. The van der Waals surface area contributed by atoms with Crippen LogP contribution in [0.2, 0.25) is 0 Å². The smallest absolute Gasteiger partial charge is 0.136 e. The zero-order valence-corrected chi connectivity index (χ0v) is 27.1. The number of para-hydroxylation sites is 2. The molecule has 0 saturated carbocycles. The zero-order valence-electron chi connectivity index (χ0n) is 27.1. The molecule has 0 unspecified atom stereocenters. The van der Waals surface area contributed by atoms with Crippen LogP contribution in [0.25, 0.3) is 104 Å². The standard InChI is InChI=1S/C48H29NO/c1-2-11-37-35(9-1)36-10-3-4-12-38(36)43-27-31(19-24-39(37)43)30-17-22-34(23-18-30)49-45-15-7-5-13-40(45)44-28-32(21-26-46(44)49)33-20-25-42-41-14-6-8-16-47(41)50-48(42)29-33/h1-29H. The summed E-state index contributed by atoms with van der Waals surface area (Å²) >= 11 is 0. The number of aromatic nitrogens is 1. The van der Waals surface area contributed by atoms with E-state index in [9.17, 15) is 0 Å². The number of rotatable bonds is 3. The minimum Gasteiger partial charge on any atom is -0.456 e. The Morgan fingerprint density at radius 2 is 0.740 bits per heavy atom. The maximum absolute atomic E-state index is 6.23. The van der Waals surface area contributed by atoms with Crippen molar-refractivity contribution in [2.45, 2.75) is 0 Å². The second-order valence-corrected chi connectivity index (χ2v) is 13.3. The van der Waals surface area contributed by atoms with Gasteiger partial charge in [-0.25, -0.2) is 0 Å². The molecule has 11 rings (SSSR count). The molecule has 50 heavy (non-hydrogen) atoms. The van der Waals surface area contributed by atoms with E-state index in [0.29, 0.717) is 0 Å². The number of nitrogens with zero attached hydrogens (tertiary/aromatic N) is 1. The highest BCUT2D eigenvalue weighted by atomic mass is 16.3. The Kier molecular flexibility index (Phi) is 5.70. The molecule has 0 N–H and O–H groups in total. The van der Waals surface area contributed by atoms with Gasteiger partial charge in [-0.05, 0) is 109 Å². The lowest BCUT2D eigenvalue weighted by Gasteiger charge is -2.13. The van der Waals surface area contributed by atoms with E-state index in [1.807, 2.05) is 12.1 Å². The van der Waals surface area contributed by atoms with Crippen molar-refractivity contribution in [1.29, 1.82) is 0 Å². The molecule has 0 atom stereocenters. The Bertz CT molecular complexity index is 3110. The van der Waals surface area contributed by atoms with Gasteiger partial charge in [-0.1, -0.05) is 121 Å². The van der Waals surface area contributed by atoms with Crippen molar-refractivity contribution >= 4 is 76.1 Å². The van der Waals surface area contributed by atoms with Crippen LogP contribution in [0.3, 0.4) is 0 Å². The van der Waals surface area contributed by atoms with Gasteiger partial charge in [0, 0.05) is 27.2 Å². The van der Waals surface area contributed by atoms with Crippen LogP contribution in [0.5, 0.6) is 0 Å². The van der Waals surface area contributed by atoms with Gasteiger partial charge in [-0.15, -0.1) is 0 Å². The fourth-order valence-electron chi connectivity index (χ4n) is 8.23. The topological polar surface area (TPSA) is 18.1 Å². The van der Waals surface area contributed by atoms with Crippen molar-refractivity contribution < 1.29 is 4.42 Å². The van der Waals surface area contributed by atoms with E-state index in [0.717, 1.165) is 33.2 Å². The van der Waals surface area contributed by atoms with Gasteiger partial charge in [-0.3, -0.25) is 0 Å². The molecule has 11 aromatic rings. The fourth-order valence-corrected chi connectivity index (χ4v) is 8.23. The predicted molar refractivity (Wildman–Crippen MR) is 211 cm³/mol. The average molecular weight is 636 g/mol. The van der Waals surface area contributed by atoms with Crippen molar-refractivity contribution in [3.05, 3.63) is 176 Å². The van der Waals surface area contributed by atoms with E-state index in [1.165, 1.54) is 70.8 Å². The first-order valence-corrected chi connectivity index (χ1v) is 17.2. The molecular formula is C48H29NO. The largest absolute Gasteiger partial charge is 0.456 e. The summed E-state index contributed by atoms with van der Waals surface area (Å²) in [7, 11) is 0. The minimum absolute atomic E-state index is 0.916. The SMILES string of the molecule is c1ccc2c(c1)oc1cc(-c3ccc4c(c3)c3ccccc3n4-c3ccc(-c4ccc5c6ccccc6c6ccccc6c5c4)cc3)ccc12. The van der Waals surface area contributed by atoms with E-state index >= 15 is 0 Å². The number of hydrogen-bond donors (Lipinski definition) is 0. The number of fused-ring (bicyclic) bond motifs is 12. The highest BCUT2D eigenvalue weighted by molar-refractivity contribution is 6.25. The van der Waals surface area contributed by atoms with E-state index < -0.39 is 0 Å². The lowest BCUT2D eigenvalue weighted by molar-refractivity contribution is 0.669. The van der Waals surface area contributed by atoms with Crippen molar-refractivity contribution in [2.75, 3.05) is 0 Å². The molecule has 0 spiro atoms. The summed E-state index contributed by atoms with van der Waals surface area (Å²) in [5.41, 5.74) is 10.1. The summed E-state index contributed by atoms with van der Waals surface area (Å²) in [6, 6.07) is 63.9. The quantitative estimate of drug-likeness (QED) is 0.177. The number of benzene rings is 9. The molecule has 2 aromatic heterocycles. The van der Waals surface area contributed by atoms with Crippen LogP contribution >= 0.6 is 0 Å². The van der Waals surface area contributed by atoms with Crippen LogP contribution in [-0.4, -0.2) is 4.57 Å². The molecule has 0 fully saturated rings. The molecule has 0 bridgehead atoms. The number of furan rings is 1. The third-order valence-corrected chi connectivity index (χ3v) is 10.6. The lowest BCUT2D eigenvalue weighted by atomic mass is 9.92. The van der Waals surface area contributed by atoms with Crippen LogP contribution in [0.15, 0.2) is 180 Å². The predicted octanol–water partition coefficient (Wildman–Crippen LogP) is 13.5. The van der Waals surface area contributed by atoms with E-state index in [2.05, 4.69) is 168 Å². The monoisotopic (exact) mass is 635 g/mol. The third kappa shape index (κ3) is 3.96.